The van der Waals surface area contributed by atoms with Gasteiger partial charge in [0.05, 0.1) is 22.8 Å². The third-order valence-corrected chi connectivity index (χ3v) is 8.49. The summed E-state index contributed by atoms with van der Waals surface area (Å²) in [6, 6.07) is 17.7. The Morgan fingerprint density at radius 2 is 1.19 bits per heavy atom. The van der Waals surface area contributed by atoms with E-state index < -0.39 is 0 Å². The Morgan fingerprint density at radius 1 is 0.656 bits per heavy atom. The molecule has 5 nitrogen and oxygen atoms in total. The fourth-order valence-corrected chi connectivity index (χ4v) is 7.37. The lowest BCUT2D eigenvalue weighted by Crippen LogP contribution is -1.96. The van der Waals surface area contributed by atoms with E-state index in [0.29, 0.717) is 11.4 Å². The van der Waals surface area contributed by atoms with Gasteiger partial charge in [-0.05, 0) is 29.8 Å². The van der Waals surface area contributed by atoms with Gasteiger partial charge in [0.2, 0.25) is 11.6 Å². The molecule has 0 aliphatic carbocycles. The molecule has 0 N–H and O–H groups in total. The van der Waals surface area contributed by atoms with Crippen LogP contribution in [0.3, 0.4) is 0 Å². The Bertz CT molecular complexity index is 1700. The maximum atomic E-state index is 13.1. The fraction of sp³-hybridized carbons (Fsp3) is 0. The van der Waals surface area contributed by atoms with Gasteiger partial charge in [0.1, 0.15) is 19.4 Å². The zero-order valence-corrected chi connectivity index (χ0v) is 18.0. The number of thiophene rings is 2. The molecule has 2 aliphatic rings. The van der Waals surface area contributed by atoms with Gasteiger partial charge in [-0.1, -0.05) is 30.3 Å². The van der Waals surface area contributed by atoms with Crippen LogP contribution in [0.15, 0.2) is 67.0 Å². The number of aromatic nitrogens is 3. The van der Waals surface area contributed by atoms with Gasteiger partial charge in [0.25, 0.3) is 0 Å². The summed E-state index contributed by atoms with van der Waals surface area (Å²) in [4.78, 5) is 34.2. The van der Waals surface area contributed by atoms with Crippen molar-refractivity contribution in [3.8, 4) is 22.5 Å². The van der Waals surface area contributed by atoms with Gasteiger partial charge in [-0.3, -0.25) is 9.59 Å². The molecule has 150 valence electrons. The number of ketones is 2. The van der Waals surface area contributed by atoms with Crippen LogP contribution in [0, 0.1) is 0 Å². The highest BCUT2D eigenvalue weighted by molar-refractivity contribution is 7.23. The van der Waals surface area contributed by atoms with Gasteiger partial charge in [-0.2, -0.15) is 0 Å². The van der Waals surface area contributed by atoms with Gasteiger partial charge in [0.15, 0.2) is 0 Å². The minimum atomic E-state index is 0.0449. The van der Waals surface area contributed by atoms with E-state index in [-0.39, 0.29) is 11.6 Å². The van der Waals surface area contributed by atoms with Crippen molar-refractivity contribution in [1.29, 1.82) is 0 Å². The standard InChI is InChI=1S/C25H11N3O2S2/c29-20-13-8-4-10-27(13)18-16-15(12-6-2-1-3-7-12)17-19-23(21(30)14-9-5-11-28(14)19)32-25(17)26-24(16)31-22(18)20/h1-11H. The van der Waals surface area contributed by atoms with Crippen LogP contribution < -0.4 is 0 Å². The molecular weight excluding hydrogens is 438 g/mol. The van der Waals surface area contributed by atoms with Crippen molar-refractivity contribution >= 4 is 54.7 Å². The van der Waals surface area contributed by atoms with E-state index in [9.17, 15) is 9.59 Å². The number of pyridine rings is 1. The van der Waals surface area contributed by atoms with Gasteiger partial charge >= 0.3 is 0 Å². The summed E-state index contributed by atoms with van der Waals surface area (Å²) in [5.74, 6) is 0.0898. The number of carbonyl (C=O) groups is 2. The zero-order valence-electron chi connectivity index (χ0n) is 16.3. The number of benzene rings is 1. The Morgan fingerprint density at radius 3 is 1.72 bits per heavy atom. The molecule has 7 heteroatoms. The molecule has 1 aromatic carbocycles. The number of hydrogen-bond donors (Lipinski definition) is 0. The summed E-state index contributed by atoms with van der Waals surface area (Å²) in [7, 11) is 0. The van der Waals surface area contributed by atoms with E-state index in [1.165, 1.54) is 22.7 Å². The molecule has 0 bridgehead atoms. The number of carbonyl (C=O) groups excluding carboxylic acids is 2. The van der Waals surface area contributed by atoms with Crippen molar-refractivity contribution in [3.63, 3.8) is 0 Å². The Labute approximate surface area is 188 Å². The number of hydrogen-bond acceptors (Lipinski definition) is 5. The van der Waals surface area contributed by atoms with E-state index >= 15 is 0 Å². The number of nitrogens with zero attached hydrogens (tertiary/aromatic N) is 3. The summed E-state index contributed by atoms with van der Waals surface area (Å²) in [5, 5.41) is 1.95. The highest BCUT2D eigenvalue weighted by atomic mass is 32.1. The zero-order chi connectivity index (χ0) is 21.1. The molecule has 32 heavy (non-hydrogen) atoms. The van der Waals surface area contributed by atoms with Crippen LogP contribution in [0.5, 0.6) is 0 Å². The normalized spacial score (nSPS) is 13.8. The molecule has 0 amide bonds. The molecule has 0 spiro atoms. The van der Waals surface area contributed by atoms with Gasteiger partial charge < -0.3 is 9.13 Å². The van der Waals surface area contributed by atoms with Crippen molar-refractivity contribution in [2.24, 2.45) is 0 Å². The molecule has 5 aromatic heterocycles. The van der Waals surface area contributed by atoms with Gasteiger partial charge in [-0.25, -0.2) is 4.98 Å². The second kappa shape index (κ2) is 5.51. The first-order chi connectivity index (χ1) is 15.7. The summed E-state index contributed by atoms with van der Waals surface area (Å²) in [5.41, 5.74) is 5.26. The summed E-state index contributed by atoms with van der Waals surface area (Å²) >= 11 is 2.88. The minimum Gasteiger partial charge on any atom is -0.311 e. The first-order valence-electron chi connectivity index (χ1n) is 10.2. The van der Waals surface area contributed by atoms with E-state index in [4.69, 9.17) is 4.98 Å². The third-order valence-electron chi connectivity index (χ3n) is 6.35. The average molecular weight is 450 g/mol. The first kappa shape index (κ1) is 16.8. The fourth-order valence-electron chi connectivity index (χ4n) is 5.06. The van der Waals surface area contributed by atoms with Crippen LogP contribution in [0.2, 0.25) is 0 Å². The maximum Gasteiger partial charge on any atom is 0.221 e. The van der Waals surface area contributed by atoms with Crippen LogP contribution in [0.25, 0.3) is 42.9 Å². The van der Waals surface area contributed by atoms with Crippen LogP contribution in [-0.4, -0.2) is 25.7 Å². The quantitative estimate of drug-likeness (QED) is 0.316. The number of rotatable bonds is 1. The summed E-state index contributed by atoms with van der Waals surface area (Å²) < 4.78 is 3.96. The Hall–Kier alpha value is -3.81. The molecule has 0 atom stereocenters. The first-order valence-corrected chi connectivity index (χ1v) is 11.8. The topological polar surface area (TPSA) is 56.9 Å². The van der Waals surface area contributed by atoms with Crippen molar-refractivity contribution in [1.82, 2.24) is 14.1 Å². The Balaban J connectivity index is 1.64. The molecule has 6 aromatic rings. The van der Waals surface area contributed by atoms with E-state index in [2.05, 4.69) is 12.1 Å². The smallest absolute Gasteiger partial charge is 0.221 e. The highest BCUT2D eigenvalue weighted by Crippen LogP contribution is 2.51. The SMILES string of the molecule is O=C1c2sc3nc4sc5c(c4c(-c4ccccc4)c3c2-n2cccc21)-n1cccc1C5=O. The summed E-state index contributed by atoms with van der Waals surface area (Å²) in [6.45, 7) is 0. The molecule has 0 fully saturated rings. The molecule has 7 heterocycles. The average Bonchev–Trinajstić information content (AvgIpc) is 3.61. The predicted octanol–water partition coefficient (Wildman–Crippen LogP) is 5.85. The van der Waals surface area contributed by atoms with Crippen LogP contribution in [0.4, 0.5) is 0 Å². The molecule has 0 saturated carbocycles. The number of fused-ring (bicyclic) bond motifs is 10. The predicted molar refractivity (Wildman–Crippen MR) is 126 cm³/mol. The van der Waals surface area contributed by atoms with Crippen LogP contribution in [0.1, 0.15) is 30.7 Å². The Kier molecular flexibility index (Phi) is 2.90. The largest absolute Gasteiger partial charge is 0.311 e. The lowest BCUT2D eigenvalue weighted by atomic mass is 9.98. The minimum absolute atomic E-state index is 0.0449. The molecule has 0 unspecified atom stereocenters. The van der Waals surface area contributed by atoms with Gasteiger partial charge in [-0.15, -0.1) is 22.7 Å². The van der Waals surface area contributed by atoms with E-state index in [0.717, 1.165) is 52.7 Å². The molecule has 0 radical (unpaired) electrons. The molecule has 0 saturated heterocycles. The lowest BCUT2D eigenvalue weighted by molar-refractivity contribution is 0.103. The second-order valence-electron chi connectivity index (χ2n) is 7.96. The molecular formula is C25H11N3O2S2. The monoisotopic (exact) mass is 449 g/mol. The summed E-state index contributed by atoms with van der Waals surface area (Å²) in [6.07, 6.45) is 3.88. The molecule has 8 rings (SSSR count). The second-order valence-corrected chi connectivity index (χ2v) is 9.96. The van der Waals surface area contributed by atoms with Crippen molar-refractivity contribution in [2.75, 3.05) is 0 Å². The van der Waals surface area contributed by atoms with Crippen LogP contribution >= 0.6 is 22.7 Å². The maximum absolute atomic E-state index is 13.1. The van der Waals surface area contributed by atoms with Crippen molar-refractivity contribution < 1.29 is 9.59 Å². The van der Waals surface area contributed by atoms with E-state index in [1.807, 2.05) is 64.0 Å². The molecule has 2 aliphatic heterocycles. The van der Waals surface area contributed by atoms with Gasteiger partial charge in [0, 0.05) is 28.7 Å². The van der Waals surface area contributed by atoms with Crippen molar-refractivity contribution in [3.05, 3.63) is 88.1 Å². The third kappa shape index (κ3) is 1.80. The van der Waals surface area contributed by atoms with Crippen molar-refractivity contribution in [2.45, 2.75) is 0 Å². The highest BCUT2D eigenvalue weighted by Gasteiger charge is 2.37. The van der Waals surface area contributed by atoms with E-state index in [1.54, 1.807) is 0 Å². The lowest BCUT2D eigenvalue weighted by Gasteiger charge is -2.11. The van der Waals surface area contributed by atoms with Crippen LogP contribution in [-0.2, 0) is 0 Å².